The lowest BCUT2D eigenvalue weighted by Gasteiger charge is -2.24. The van der Waals surface area contributed by atoms with E-state index in [1.54, 1.807) is 18.2 Å². The monoisotopic (exact) mass is 447 g/mol. The minimum absolute atomic E-state index is 0.0631. The number of hydrogen-bond donors (Lipinski definition) is 3. The van der Waals surface area contributed by atoms with Gasteiger partial charge in [-0.1, -0.05) is 11.6 Å². The molecule has 0 aromatic heterocycles. The van der Waals surface area contributed by atoms with Gasteiger partial charge in [0.15, 0.2) is 0 Å². The molecule has 10 heteroatoms. The summed E-state index contributed by atoms with van der Waals surface area (Å²) in [5.41, 5.74) is 2.51. The first-order valence-corrected chi connectivity index (χ1v) is 10.0. The van der Waals surface area contributed by atoms with Crippen molar-refractivity contribution in [3.8, 4) is 0 Å². The van der Waals surface area contributed by atoms with E-state index in [1.807, 2.05) is 0 Å². The zero-order valence-electron chi connectivity index (χ0n) is 16.3. The van der Waals surface area contributed by atoms with Gasteiger partial charge in [0.25, 0.3) is 11.7 Å². The van der Waals surface area contributed by atoms with Crippen LogP contribution in [0.25, 0.3) is 0 Å². The van der Waals surface area contributed by atoms with Crippen LogP contribution in [0.1, 0.15) is 24.0 Å². The summed E-state index contributed by atoms with van der Waals surface area (Å²) in [5, 5.41) is 15.9. The van der Waals surface area contributed by atoms with Crippen molar-refractivity contribution in [2.75, 3.05) is 16.8 Å². The van der Waals surface area contributed by atoms with Crippen LogP contribution < -0.4 is 15.5 Å². The van der Waals surface area contributed by atoms with Gasteiger partial charge in [-0.2, -0.15) is 0 Å². The molecule has 1 saturated heterocycles. The maximum atomic E-state index is 13.4. The summed E-state index contributed by atoms with van der Waals surface area (Å²) in [4.78, 5) is 37.7. The first-order chi connectivity index (χ1) is 14.7. The van der Waals surface area contributed by atoms with Crippen LogP contribution >= 0.6 is 11.6 Å². The van der Waals surface area contributed by atoms with Crippen LogP contribution in [-0.2, 0) is 27.3 Å². The van der Waals surface area contributed by atoms with Crippen LogP contribution in [0.3, 0.4) is 0 Å². The van der Waals surface area contributed by atoms with E-state index in [9.17, 15) is 23.9 Å². The summed E-state index contributed by atoms with van der Waals surface area (Å²) in [5.74, 6) is -3.70. The van der Waals surface area contributed by atoms with E-state index in [-0.39, 0.29) is 30.4 Å². The number of aryl methyl sites for hydroxylation is 1. The maximum Gasteiger partial charge on any atom is 0.410 e. The van der Waals surface area contributed by atoms with E-state index in [0.717, 1.165) is 11.6 Å². The number of benzene rings is 2. The molecule has 0 unspecified atom stereocenters. The van der Waals surface area contributed by atoms with Crippen molar-refractivity contribution in [2.24, 2.45) is 0 Å². The van der Waals surface area contributed by atoms with Crippen molar-refractivity contribution >= 4 is 40.9 Å². The minimum Gasteiger partial charge on any atom is -0.407 e. The van der Waals surface area contributed by atoms with Crippen LogP contribution in [0.2, 0.25) is 5.02 Å². The van der Waals surface area contributed by atoms with Gasteiger partial charge in [-0.25, -0.2) is 9.18 Å². The number of aliphatic hydroxyl groups is 1. The van der Waals surface area contributed by atoms with E-state index >= 15 is 0 Å². The molecular weight excluding hydrogens is 429 g/mol. The highest BCUT2D eigenvalue weighted by Crippen LogP contribution is 2.33. The zero-order valence-corrected chi connectivity index (χ0v) is 17.0. The van der Waals surface area contributed by atoms with Gasteiger partial charge < -0.3 is 25.4 Å². The highest BCUT2D eigenvalue weighted by atomic mass is 35.5. The molecule has 3 N–H and O–H groups in total. The molecule has 0 spiro atoms. The highest BCUT2D eigenvalue weighted by molar-refractivity contribution is 6.30. The topological polar surface area (TPSA) is 108 Å². The number of nitrogens with zero attached hydrogens (tertiary/aromatic N) is 1. The Morgan fingerprint density at radius 1 is 1.26 bits per heavy atom. The molecule has 2 aromatic carbocycles. The van der Waals surface area contributed by atoms with Gasteiger partial charge in [-0.05, 0) is 53.9 Å². The number of halogens is 2. The highest BCUT2D eigenvalue weighted by Gasteiger charge is 2.49. The maximum absolute atomic E-state index is 13.4. The molecule has 0 aliphatic carbocycles. The van der Waals surface area contributed by atoms with Crippen LogP contribution in [0.4, 0.5) is 20.6 Å². The Labute approximate surface area is 181 Å². The number of alkyl carbamates (subject to hydrolysis) is 1. The van der Waals surface area contributed by atoms with Crippen molar-refractivity contribution in [3.05, 3.63) is 58.4 Å². The third-order valence-electron chi connectivity index (χ3n) is 5.17. The first kappa shape index (κ1) is 21.1. The lowest BCUT2D eigenvalue weighted by molar-refractivity contribution is -0.175. The van der Waals surface area contributed by atoms with Crippen LogP contribution in [0.15, 0.2) is 36.4 Å². The predicted octanol–water partition coefficient (Wildman–Crippen LogP) is 2.72. The van der Waals surface area contributed by atoms with Crippen molar-refractivity contribution in [1.82, 2.24) is 5.32 Å². The Kier molecular flexibility index (Phi) is 5.55. The molecular formula is C21H19ClFN3O5. The van der Waals surface area contributed by atoms with Crippen LogP contribution in [-0.4, -0.2) is 35.3 Å². The molecule has 4 rings (SSSR count). The van der Waals surface area contributed by atoms with Gasteiger partial charge in [-0.3, -0.25) is 9.59 Å². The lowest BCUT2D eigenvalue weighted by Crippen LogP contribution is -2.46. The average Bonchev–Trinajstić information content (AvgIpc) is 3.00. The van der Waals surface area contributed by atoms with E-state index in [2.05, 4.69) is 10.6 Å². The van der Waals surface area contributed by atoms with Gasteiger partial charge in [0.05, 0.1) is 0 Å². The molecule has 162 valence electrons. The third kappa shape index (κ3) is 4.47. The molecule has 0 radical (unpaired) electrons. The summed E-state index contributed by atoms with van der Waals surface area (Å²) in [6.07, 6.45) is -0.233. The van der Waals surface area contributed by atoms with Crippen molar-refractivity contribution in [2.45, 2.75) is 31.6 Å². The summed E-state index contributed by atoms with van der Waals surface area (Å²) in [6.45, 7) is 0.0497. The van der Waals surface area contributed by atoms with Crippen LogP contribution in [0, 0.1) is 5.82 Å². The number of amides is 3. The Balaban J connectivity index is 1.40. The minimum atomic E-state index is -2.31. The lowest BCUT2D eigenvalue weighted by atomic mass is 10.0. The van der Waals surface area contributed by atoms with E-state index < -0.39 is 23.6 Å². The smallest absolute Gasteiger partial charge is 0.407 e. The summed E-state index contributed by atoms with van der Waals surface area (Å²) in [6, 6.07) is 8.92. The van der Waals surface area contributed by atoms with Crippen LogP contribution in [0.5, 0.6) is 0 Å². The Bertz CT molecular complexity index is 1060. The molecule has 0 bridgehead atoms. The van der Waals surface area contributed by atoms with Gasteiger partial charge >= 0.3 is 6.09 Å². The number of carbonyl (C=O) groups is 3. The predicted molar refractivity (Wildman–Crippen MR) is 110 cm³/mol. The Hall–Kier alpha value is -3.17. The molecule has 0 saturated carbocycles. The SMILES string of the molecule is O=C1CCc2cc(N3CC[C@@](O)(OC(=O)NCc4cc(F)cc(Cl)c4)C3=O)ccc2N1. The van der Waals surface area contributed by atoms with Gasteiger partial charge in [0.1, 0.15) is 5.82 Å². The number of ether oxygens (including phenoxy) is 1. The molecule has 1 fully saturated rings. The summed E-state index contributed by atoms with van der Waals surface area (Å²) >= 11 is 5.78. The number of rotatable bonds is 4. The van der Waals surface area contributed by atoms with Gasteiger partial charge in [0, 0.05) is 42.3 Å². The fourth-order valence-electron chi connectivity index (χ4n) is 3.64. The molecule has 3 amide bonds. The number of anilines is 2. The molecule has 1 atom stereocenters. The van der Waals surface area contributed by atoms with Gasteiger partial charge in [-0.15, -0.1) is 0 Å². The normalized spacial score (nSPS) is 20.3. The molecule has 2 aliphatic heterocycles. The largest absolute Gasteiger partial charge is 0.410 e. The second-order valence-corrected chi connectivity index (χ2v) is 7.84. The van der Waals surface area contributed by atoms with E-state index in [0.29, 0.717) is 29.8 Å². The van der Waals surface area contributed by atoms with Crippen molar-refractivity contribution in [3.63, 3.8) is 0 Å². The molecule has 2 heterocycles. The number of carbonyl (C=O) groups excluding carboxylic acids is 3. The quantitative estimate of drug-likeness (QED) is 0.624. The van der Waals surface area contributed by atoms with E-state index in [4.69, 9.17) is 16.3 Å². The fraction of sp³-hybridized carbons (Fsp3) is 0.286. The molecule has 2 aliphatic rings. The second-order valence-electron chi connectivity index (χ2n) is 7.40. The van der Waals surface area contributed by atoms with Crippen molar-refractivity contribution < 1.29 is 28.6 Å². The number of fused-ring (bicyclic) bond motifs is 1. The molecule has 2 aromatic rings. The van der Waals surface area contributed by atoms with E-state index in [1.165, 1.54) is 17.0 Å². The molecule has 31 heavy (non-hydrogen) atoms. The first-order valence-electron chi connectivity index (χ1n) is 9.62. The Morgan fingerprint density at radius 3 is 2.84 bits per heavy atom. The third-order valence-corrected chi connectivity index (χ3v) is 5.39. The summed E-state index contributed by atoms with van der Waals surface area (Å²) < 4.78 is 18.4. The Morgan fingerprint density at radius 2 is 2.06 bits per heavy atom. The number of hydrogen-bond acceptors (Lipinski definition) is 5. The van der Waals surface area contributed by atoms with Crippen molar-refractivity contribution in [1.29, 1.82) is 0 Å². The second kappa shape index (κ2) is 8.16. The van der Waals surface area contributed by atoms with Gasteiger partial charge in [0.2, 0.25) is 5.91 Å². The standard InChI is InChI=1S/C21H19ClFN3O5/c22-14-7-12(8-15(23)10-14)11-24-20(29)31-21(30)5-6-26(19(21)28)16-2-3-17-13(9-16)1-4-18(27)25-17/h2-3,7-10,30H,1,4-6,11H2,(H,24,29)(H,25,27)/t21-/m1/s1. The molecule has 8 nitrogen and oxygen atoms in total. The average molecular weight is 448 g/mol. The zero-order chi connectivity index (χ0) is 22.2. The fourth-order valence-corrected chi connectivity index (χ4v) is 3.88. The number of nitrogens with one attached hydrogen (secondary N) is 2. The summed E-state index contributed by atoms with van der Waals surface area (Å²) in [7, 11) is 0.